The van der Waals surface area contributed by atoms with E-state index in [4.69, 9.17) is 4.74 Å². The molecule has 0 bridgehead atoms. The zero-order chi connectivity index (χ0) is 24.3. The summed E-state index contributed by atoms with van der Waals surface area (Å²) in [6, 6.07) is 7.02. The predicted molar refractivity (Wildman–Crippen MR) is 113 cm³/mol. The van der Waals surface area contributed by atoms with Crippen LogP contribution in [0.3, 0.4) is 0 Å². The van der Waals surface area contributed by atoms with Gasteiger partial charge in [0.1, 0.15) is 11.6 Å². The van der Waals surface area contributed by atoms with Gasteiger partial charge in [0.25, 0.3) is 5.56 Å². The highest BCUT2D eigenvalue weighted by Crippen LogP contribution is 2.40. The van der Waals surface area contributed by atoms with Gasteiger partial charge in [-0.15, -0.1) is 0 Å². The number of H-pyrrole nitrogens is 1. The Kier molecular flexibility index (Phi) is 7.11. The Morgan fingerprint density at radius 1 is 1.06 bits per heavy atom. The van der Waals surface area contributed by atoms with E-state index < -0.39 is 45.1 Å². The van der Waals surface area contributed by atoms with Gasteiger partial charge in [-0.3, -0.25) is 4.79 Å². The molecular weight excluding hydrogens is 466 g/mol. The summed E-state index contributed by atoms with van der Waals surface area (Å²) in [6.07, 6.45) is 1.22. The average molecular weight is 485 g/mol. The fourth-order valence-electron chi connectivity index (χ4n) is 3.15. The number of hydrogen-bond acceptors (Lipinski definition) is 5. The van der Waals surface area contributed by atoms with Gasteiger partial charge in [0.15, 0.2) is 27.2 Å². The molecule has 176 valence electrons. The van der Waals surface area contributed by atoms with Gasteiger partial charge in [-0.1, -0.05) is 25.1 Å². The van der Waals surface area contributed by atoms with Crippen LogP contribution in [0.4, 0.5) is 17.6 Å². The summed E-state index contributed by atoms with van der Waals surface area (Å²) < 4.78 is 87.9. The summed E-state index contributed by atoms with van der Waals surface area (Å²) in [5.41, 5.74) is -0.360. The number of pyridine rings is 1. The number of hydrogen-bond donors (Lipinski definition) is 1. The number of sulfone groups is 1. The predicted octanol–water partition coefficient (Wildman–Crippen LogP) is 4.96. The minimum atomic E-state index is -3.56. The first-order chi connectivity index (χ1) is 15.5. The number of aromatic nitrogens is 1. The van der Waals surface area contributed by atoms with Crippen LogP contribution in [0.15, 0.2) is 47.4 Å². The maximum absolute atomic E-state index is 14.3. The highest BCUT2D eigenvalue weighted by atomic mass is 32.2. The molecule has 11 heteroatoms. The molecule has 1 N–H and O–H groups in total. The van der Waals surface area contributed by atoms with E-state index >= 15 is 0 Å². The van der Waals surface area contributed by atoms with Gasteiger partial charge >= 0.3 is 6.61 Å². The second-order valence-corrected chi connectivity index (χ2v) is 9.36. The molecular formula is C22H19F4NO5S. The fraction of sp³-hybridized carbons (Fsp3) is 0.227. The van der Waals surface area contributed by atoms with E-state index in [1.807, 2.05) is 0 Å². The molecule has 0 spiro atoms. The van der Waals surface area contributed by atoms with E-state index in [1.54, 1.807) is 0 Å². The molecule has 0 saturated carbocycles. The second kappa shape index (κ2) is 9.65. The number of benzene rings is 2. The van der Waals surface area contributed by atoms with E-state index in [0.717, 1.165) is 12.1 Å². The van der Waals surface area contributed by atoms with Crippen LogP contribution in [0.5, 0.6) is 17.2 Å². The maximum atomic E-state index is 14.3. The lowest BCUT2D eigenvalue weighted by molar-refractivity contribution is -0.0512. The van der Waals surface area contributed by atoms with Crippen LogP contribution in [-0.2, 0) is 15.6 Å². The molecule has 0 saturated heterocycles. The molecule has 0 unspecified atom stereocenters. The molecule has 1 aromatic heterocycles. The minimum absolute atomic E-state index is 0.0268. The number of ether oxygens (including phenoxy) is 2. The molecule has 33 heavy (non-hydrogen) atoms. The lowest BCUT2D eigenvalue weighted by Gasteiger charge is -2.18. The zero-order valence-electron chi connectivity index (χ0n) is 17.5. The van der Waals surface area contributed by atoms with Crippen LogP contribution >= 0.6 is 0 Å². The molecule has 3 aromatic rings. The molecule has 3 rings (SSSR count). The van der Waals surface area contributed by atoms with Crippen LogP contribution in [0.1, 0.15) is 18.1 Å². The molecule has 0 aliphatic carbocycles. The summed E-state index contributed by atoms with van der Waals surface area (Å²) in [5.74, 6) is -3.62. The standard InChI is InChI=1S/C22H19F4NO5S/c1-3-33(29,30)11-13-5-4-6-15(20(13)31-18-8-7-14(23)9-17(18)24)16-10-27-21(28)19(12(16)2)32-22(25)26/h4-10,22H,3,11H2,1-2H3,(H,27,28). The molecule has 0 radical (unpaired) electrons. The summed E-state index contributed by atoms with van der Waals surface area (Å²) in [4.78, 5) is 14.3. The Balaban J connectivity index is 2.25. The van der Waals surface area contributed by atoms with Gasteiger partial charge in [0.05, 0.1) is 5.75 Å². The van der Waals surface area contributed by atoms with Crippen molar-refractivity contribution >= 4 is 9.84 Å². The van der Waals surface area contributed by atoms with Crippen LogP contribution in [0, 0.1) is 18.6 Å². The number of halogens is 4. The first-order valence-corrected chi connectivity index (χ1v) is 11.5. The number of para-hydroxylation sites is 1. The van der Waals surface area contributed by atoms with Gasteiger partial charge in [0.2, 0.25) is 0 Å². The van der Waals surface area contributed by atoms with Crippen molar-refractivity contribution in [1.29, 1.82) is 0 Å². The van der Waals surface area contributed by atoms with Crippen molar-refractivity contribution in [3.8, 4) is 28.4 Å². The summed E-state index contributed by atoms with van der Waals surface area (Å²) >= 11 is 0. The van der Waals surface area contributed by atoms with E-state index in [-0.39, 0.29) is 39.5 Å². The third kappa shape index (κ3) is 5.54. The summed E-state index contributed by atoms with van der Waals surface area (Å²) in [7, 11) is -3.56. The molecule has 6 nitrogen and oxygen atoms in total. The molecule has 0 aliphatic rings. The van der Waals surface area contributed by atoms with Crippen molar-refractivity contribution < 1.29 is 35.5 Å². The Labute approximate surface area is 186 Å². The normalized spacial score (nSPS) is 11.6. The van der Waals surface area contributed by atoms with E-state index in [9.17, 15) is 30.8 Å². The third-order valence-electron chi connectivity index (χ3n) is 4.81. The van der Waals surface area contributed by atoms with Crippen molar-refractivity contribution in [1.82, 2.24) is 4.98 Å². The van der Waals surface area contributed by atoms with Crippen LogP contribution in [0.25, 0.3) is 11.1 Å². The van der Waals surface area contributed by atoms with Crippen molar-refractivity contribution in [3.63, 3.8) is 0 Å². The first-order valence-electron chi connectivity index (χ1n) is 9.65. The molecule has 0 aliphatic heterocycles. The van der Waals surface area contributed by atoms with Gasteiger partial charge in [-0.2, -0.15) is 8.78 Å². The highest BCUT2D eigenvalue weighted by molar-refractivity contribution is 7.90. The Bertz CT molecular complexity index is 1340. The zero-order valence-corrected chi connectivity index (χ0v) is 18.3. The van der Waals surface area contributed by atoms with E-state index in [2.05, 4.69) is 9.72 Å². The third-order valence-corrected chi connectivity index (χ3v) is 6.44. The highest BCUT2D eigenvalue weighted by Gasteiger charge is 2.22. The quantitative estimate of drug-likeness (QED) is 0.456. The molecule has 0 atom stereocenters. The number of aromatic amines is 1. The number of alkyl halides is 2. The van der Waals surface area contributed by atoms with Gasteiger partial charge in [-0.25, -0.2) is 17.2 Å². The van der Waals surface area contributed by atoms with E-state index in [0.29, 0.717) is 6.07 Å². The van der Waals surface area contributed by atoms with Crippen molar-refractivity contribution in [2.75, 3.05) is 5.75 Å². The van der Waals surface area contributed by atoms with Gasteiger partial charge in [-0.05, 0) is 19.1 Å². The van der Waals surface area contributed by atoms with Crippen LogP contribution in [0.2, 0.25) is 0 Å². The van der Waals surface area contributed by atoms with Crippen LogP contribution in [-0.4, -0.2) is 25.8 Å². The lowest BCUT2D eigenvalue weighted by Crippen LogP contribution is -2.16. The summed E-state index contributed by atoms with van der Waals surface area (Å²) in [6.45, 7) is -0.440. The Morgan fingerprint density at radius 3 is 2.42 bits per heavy atom. The van der Waals surface area contributed by atoms with Crippen molar-refractivity contribution in [2.45, 2.75) is 26.2 Å². The second-order valence-electron chi connectivity index (χ2n) is 7.01. The monoisotopic (exact) mass is 485 g/mol. The smallest absolute Gasteiger partial charge is 0.387 e. The largest absolute Gasteiger partial charge is 0.453 e. The molecule has 0 fully saturated rings. The topological polar surface area (TPSA) is 85.5 Å². The SMILES string of the molecule is CCS(=O)(=O)Cc1cccc(-c2c[nH]c(=O)c(OC(F)F)c2C)c1Oc1ccc(F)cc1F. The average Bonchev–Trinajstić information content (AvgIpc) is 2.74. The van der Waals surface area contributed by atoms with Crippen LogP contribution < -0.4 is 15.0 Å². The Hall–Kier alpha value is -3.34. The number of nitrogens with one attached hydrogen (secondary N) is 1. The minimum Gasteiger partial charge on any atom is -0.453 e. The number of rotatable bonds is 8. The summed E-state index contributed by atoms with van der Waals surface area (Å²) in [5, 5.41) is 0. The molecule has 1 heterocycles. The lowest BCUT2D eigenvalue weighted by atomic mass is 9.99. The fourth-order valence-corrected chi connectivity index (χ4v) is 4.06. The molecule has 0 amide bonds. The van der Waals surface area contributed by atoms with Gasteiger partial charge < -0.3 is 14.5 Å². The van der Waals surface area contributed by atoms with E-state index in [1.165, 1.54) is 38.2 Å². The Morgan fingerprint density at radius 2 is 1.79 bits per heavy atom. The van der Waals surface area contributed by atoms with Crippen molar-refractivity contribution in [3.05, 3.63) is 75.7 Å². The first kappa shape index (κ1) is 24.3. The van der Waals surface area contributed by atoms with Gasteiger partial charge in [0, 0.05) is 40.3 Å². The molecule has 2 aromatic carbocycles. The van der Waals surface area contributed by atoms with Crippen molar-refractivity contribution in [2.24, 2.45) is 0 Å². The maximum Gasteiger partial charge on any atom is 0.387 e.